The van der Waals surface area contributed by atoms with Crippen LogP contribution in [-0.4, -0.2) is 41.0 Å². The van der Waals surface area contributed by atoms with Crippen LogP contribution in [0.3, 0.4) is 0 Å². The van der Waals surface area contributed by atoms with Crippen LogP contribution in [0, 0.1) is 5.82 Å². The van der Waals surface area contributed by atoms with Gasteiger partial charge < -0.3 is 10.1 Å². The van der Waals surface area contributed by atoms with Gasteiger partial charge in [0.2, 0.25) is 0 Å². The molecule has 36 heavy (non-hydrogen) atoms. The van der Waals surface area contributed by atoms with E-state index in [-0.39, 0.29) is 18.3 Å². The lowest BCUT2D eigenvalue weighted by molar-refractivity contribution is -0.120. The predicted molar refractivity (Wildman–Crippen MR) is 135 cm³/mol. The number of carbonyl (C=O) groups excluding carboxylic acids is 2. The fraction of sp³-hybridized carbons (Fsp3) is 0.111. The van der Waals surface area contributed by atoms with Gasteiger partial charge in [0.05, 0.1) is 25.1 Å². The average Bonchev–Trinajstić information content (AvgIpc) is 3.33. The number of para-hydroxylation sites is 1. The van der Waals surface area contributed by atoms with Crippen molar-refractivity contribution in [2.75, 3.05) is 13.2 Å². The highest BCUT2D eigenvalue weighted by Gasteiger charge is 2.12. The lowest BCUT2D eigenvalue weighted by atomic mass is 10.1. The molecule has 2 N–H and O–H groups in total. The summed E-state index contributed by atoms with van der Waals surface area (Å²) in [5.74, 6) is -0.572. The smallest absolute Gasteiger partial charge is 0.259 e. The predicted octanol–water partition coefficient (Wildman–Crippen LogP) is 3.96. The second-order valence-electron chi connectivity index (χ2n) is 7.65. The second kappa shape index (κ2) is 11.6. The van der Waals surface area contributed by atoms with Gasteiger partial charge in [0.25, 0.3) is 11.8 Å². The van der Waals surface area contributed by atoms with Crippen LogP contribution in [0.5, 0.6) is 5.75 Å². The Bertz CT molecular complexity index is 1350. The fourth-order valence-corrected chi connectivity index (χ4v) is 3.37. The van der Waals surface area contributed by atoms with Crippen LogP contribution in [-0.2, 0) is 4.79 Å². The minimum Gasteiger partial charge on any atom is -0.494 e. The van der Waals surface area contributed by atoms with Gasteiger partial charge in [0.15, 0.2) is 0 Å². The highest BCUT2D eigenvalue weighted by Crippen LogP contribution is 2.23. The van der Waals surface area contributed by atoms with Crippen molar-refractivity contribution in [3.63, 3.8) is 0 Å². The summed E-state index contributed by atoms with van der Waals surface area (Å²) in [7, 11) is 0. The van der Waals surface area contributed by atoms with Crippen LogP contribution in [0.15, 0.2) is 90.2 Å². The number of amides is 2. The van der Waals surface area contributed by atoms with E-state index in [1.54, 1.807) is 47.3 Å². The molecule has 0 radical (unpaired) electrons. The molecule has 8 nitrogen and oxygen atoms in total. The maximum absolute atomic E-state index is 13.4. The van der Waals surface area contributed by atoms with E-state index in [0.29, 0.717) is 34.7 Å². The number of carbonyl (C=O) groups is 2. The number of benzene rings is 3. The Morgan fingerprint density at radius 1 is 1.03 bits per heavy atom. The van der Waals surface area contributed by atoms with Gasteiger partial charge in [-0.3, -0.25) is 9.59 Å². The molecule has 9 heteroatoms. The Kier molecular flexibility index (Phi) is 7.82. The molecule has 0 aliphatic carbocycles. The number of halogens is 1. The number of ether oxygens (including phenoxy) is 1. The Hall–Kier alpha value is -4.79. The van der Waals surface area contributed by atoms with Gasteiger partial charge in [-0.1, -0.05) is 18.2 Å². The molecule has 1 aromatic heterocycles. The van der Waals surface area contributed by atoms with Crippen LogP contribution >= 0.6 is 0 Å². The van der Waals surface area contributed by atoms with Gasteiger partial charge in [0, 0.05) is 22.9 Å². The molecule has 0 atom stereocenters. The van der Waals surface area contributed by atoms with Crippen molar-refractivity contribution in [3.05, 3.63) is 102 Å². The molecule has 4 rings (SSSR count). The molecule has 0 unspecified atom stereocenters. The van der Waals surface area contributed by atoms with Gasteiger partial charge in [0.1, 0.15) is 17.3 Å². The zero-order chi connectivity index (χ0) is 25.3. The van der Waals surface area contributed by atoms with E-state index < -0.39 is 5.91 Å². The number of rotatable bonds is 9. The second-order valence-corrected chi connectivity index (χ2v) is 7.65. The van der Waals surface area contributed by atoms with E-state index in [9.17, 15) is 14.0 Å². The molecule has 0 saturated carbocycles. The summed E-state index contributed by atoms with van der Waals surface area (Å²) in [5, 5.41) is 11.2. The highest BCUT2D eigenvalue weighted by molar-refractivity contribution is 5.96. The first kappa shape index (κ1) is 24.3. The third kappa shape index (κ3) is 6.20. The third-order valence-electron chi connectivity index (χ3n) is 5.11. The first-order valence-electron chi connectivity index (χ1n) is 11.3. The van der Waals surface area contributed by atoms with E-state index in [0.717, 1.165) is 5.69 Å². The fourth-order valence-electron chi connectivity index (χ4n) is 3.37. The van der Waals surface area contributed by atoms with Crippen molar-refractivity contribution in [2.45, 2.75) is 6.92 Å². The van der Waals surface area contributed by atoms with Crippen LogP contribution < -0.4 is 15.5 Å². The van der Waals surface area contributed by atoms with Crippen molar-refractivity contribution < 1.29 is 18.7 Å². The summed E-state index contributed by atoms with van der Waals surface area (Å²) in [6, 6.07) is 22.1. The van der Waals surface area contributed by atoms with E-state index in [1.807, 2.05) is 37.3 Å². The van der Waals surface area contributed by atoms with Crippen LogP contribution in [0.2, 0.25) is 0 Å². The summed E-state index contributed by atoms with van der Waals surface area (Å²) in [6.07, 6.45) is 3.22. The minimum absolute atomic E-state index is 0.252. The van der Waals surface area contributed by atoms with E-state index in [2.05, 4.69) is 20.9 Å². The summed E-state index contributed by atoms with van der Waals surface area (Å²) in [5.41, 5.74) is 5.52. The standard InChI is InChI=1S/C27H24FN5O3/c1-2-36-24-14-10-20(11-15-24)27(35)29-17-25(34)31-30-16-21-18-33(23-6-4-3-5-7-23)32-26(21)19-8-12-22(28)13-9-19/h3-16,18H,2,17H2,1H3,(H,29,35)(H,31,34)/b30-16-. The van der Waals surface area contributed by atoms with Gasteiger partial charge in [-0.2, -0.15) is 10.2 Å². The van der Waals surface area contributed by atoms with Crippen molar-refractivity contribution in [1.82, 2.24) is 20.5 Å². The van der Waals surface area contributed by atoms with Gasteiger partial charge in [-0.15, -0.1) is 0 Å². The molecule has 2 amide bonds. The van der Waals surface area contributed by atoms with Crippen LogP contribution in [0.4, 0.5) is 4.39 Å². The Balaban J connectivity index is 1.41. The Morgan fingerprint density at radius 3 is 2.44 bits per heavy atom. The maximum Gasteiger partial charge on any atom is 0.259 e. The number of hydrogen-bond donors (Lipinski definition) is 2. The summed E-state index contributed by atoms with van der Waals surface area (Å²) in [6.45, 7) is 2.16. The number of hydrogen-bond acceptors (Lipinski definition) is 5. The Labute approximate surface area is 207 Å². The zero-order valence-corrected chi connectivity index (χ0v) is 19.5. The number of aromatic nitrogens is 2. The molecule has 4 aromatic rings. The van der Waals surface area contributed by atoms with Crippen molar-refractivity contribution in [3.8, 4) is 22.7 Å². The van der Waals surface area contributed by atoms with E-state index >= 15 is 0 Å². The van der Waals surface area contributed by atoms with E-state index in [1.165, 1.54) is 18.3 Å². The SMILES string of the molecule is CCOc1ccc(C(=O)NCC(=O)N/N=C\c2cn(-c3ccccc3)nc2-c2ccc(F)cc2)cc1. The lowest BCUT2D eigenvalue weighted by Gasteiger charge is -2.06. The third-order valence-corrected chi connectivity index (χ3v) is 5.11. The molecule has 0 bridgehead atoms. The lowest BCUT2D eigenvalue weighted by Crippen LogP contribution is -2.34. The molecule has 182 valence electrons. The molecule has 0 saturated heterocycles. The van der Waals surface area contributed by atoms with Gasteiger partial charge in [-0.25, -0.2) is 14.5 Å². The highest BCUT2D eigenvalue weighted by atomic mass is 19.1. The molecule has 0 aliphatic heterocycles. The number of nitrogens with zero attached hydrogens (tertiary/aromatic N) is 3. The molecule has 0 aliphatic rings. The average molecular weight is 486 g/mol. The summed E-state index contributed by atoms with van der Waals surface area (Å²) >= 11 is 0. The Morgan fingerprint density at radius 2 is 1.75 bits per heavy atom. The van der Waals surface area contributed by atoms with Gasteiger partial charge >= 0.3 is 0 Å². The molecule has 0 fully saturated rings. The topological polar surface area (TPSA) is 97.6 Å². The van der Waals surface area contributed by atoms with Crippen LogP contribution in [0.1, 0.15) is 22.8 Å². The van der Waals surface area contributed by atoms with E-state index in [4.69, 9.17) is 4.74 Å². The van der Waals surface area contributed by atoms with Crippen LogP contribution in [0.25, 0.3) is 16.9 Å². The first-order chi connectivity index (χ1) is 17.5. The maximum atomic E-state index is 13.4. The quantitative estimate of drug-likeness (QED) is 0.277. The minimum atomic E-state index is -0.496. The molecule has 3 aromatic carbocycles. The van der Waals surface area contributed by atoms with Crippen molar-refractivity contribution in [2.24, 2.45) is 5.10 Å². The summed E-state index contributed by atoms with van der Waals surface area (Å²) < 4.78 is 20.4. The summed E-state index contributed by atoms with van der Waals surface area (Å²) in [4.78, 5) is 24.5. The largest absolute Gasteiger partial charge is 0.494 e. The molecule has 0 spiro atoms. The zero-order valence-electron chi connectivity index (χ0n) is 19.5. The number of nitrogens with one attached hydrogen (secondary N) is 2. The molecule has 1 heterocycles. The molecular formula is C27H24FN5O3. The first-order valence-corrected chi connectivity index (χ1v) is 11.3. The molecular weight excluding hydrogens is 461 g/mol. The number of hydrazone groups is 1. The monoisotopic (exact) mass is 485 g/mol. The van der Waals surface area contributed by atoms with Gasteiger partial charge in [-0.05, 0) is 67.6 Å². The van der Waals surface area contributed by atoms with Crippen molar-refractivity contribution >= 4 is 18.0 Å². The normalized spacial score (nSPS) is 10.8. The van der Waals surface area contributed by atoms with Crippen molar-refractivity contribution in [1.29, 1.82) is 0 Å².